The number of ether oxygens (including phenoxy) is 1. The summed E-state index contributed by atoms with van der Waals surface area (Å²) in [5.41, 5.74) is -0.376. The van der Waals surface area contributed by atoms with Crippen molar-refractivity contribution in [3.8, 4) is 11.6 Å². The van der Waals surface area contributed by atoms with Crippen LogP contribution in [0.3, 0.4) is 0 Å². The zero-order chi connectivity index (χ0) is 12.4. The standard InChI is InChI=1S/C10H7F2N3O2/c1-6(16)17-9-5-15(14-13-9)10-7(11)3-2-4-8(10)12/h2-5H,1H3. The van der Waals surface area contributed by atoms with E-state index in [1.807, 2.05) is 0 Å². The summed E-state index contributed by atoms with van der Waals surface area (Å²) in [6.07, 6.45) is 1.11. The SMILES string of the molecule is CC(=O)Oc1cn(-c2c(F)cccc2F)nn1. The molecule has 88 valence electrons. The minimum Gasteiger partial charge on any atom is -0.404 e. The first-order valence-corrected chi connectivity index (χ1v) is 4.63. The quantitative estimate of drug-likeness (QED) is 0.744. The lowest BCUT2D eigenvalue weighted by atomic mass is 10.3. The Morgan fingerprint density at radius 2 is 2.00 bits per heavy atom. The van der Waals surface area contributed by atoms with Gasteiger partial charge in [0.15, 0.2) is 11.6 Å². The molecule has 0 fully saturated rings. The van der Waals surface area contributed by atoms with Crippen LogP contribution in [0.25, 0.3) is 5.69 Å². The van der Waals surface area contributed by atoms with Crippen LogP contribution in [0.15, 0.2) is 24.4 Å². The van der Waals surface area contributed by atoms with E-state index in [0.29, 0.717) is 0 Å². The summed E-state index contributed by atoms with van der Waals surface area (Å²) in [6, 6.07) is 3.41. The van der Waals surface area contributed by atoms with E-state index in [9.17, 15) is 13.6 Å². The molecule has 0 bridgehead atoms. The Morgan fingerprint density at radius 1 is 1.35 bits per heavy atom. The van der Waals surface area contributed by atoms with Crippen molar-refractivity contribution in [1.29, 1.82) is 0 Å². The summed E-state index contributed by atoms with van der Waals surface area (Å²) in [4.78, 5) is 10.6. The average Bonchev–Trinajstić information content (AvgIpc) is 2.65. The zero-order valence-electron chi connectivity index (χ0n) is 8.72. The third kappa shape index (κ3) is 2.27. The summed E-state index contributed by atoms with van der Waals surface area (Å²) in [7, 11) is 0. The molecular weight excluding hydrogens is 232 g/mol. The van der Waals surface area contributed by atoms with Crippen LogP contribution < -0.4 is 4.74 Å². The summed E-state index contributed by atoms with van der Waals surface area (Å²) < 4.78 is 32.2. The van der Waals surface area contributed by atoms with Crippen LogP contribution in [-0.2, 0) is 4.79 Å². The molecule has 2 rings (SSSR count). The molecule has 1 aromatic carbocycles. The van der Waals surface area contributed by atoms with E-state index in [2.05, 4.69) is 15.0 Å². The van der Waals surface area contributed by atoms with E-state index in [0.717, 1.165) is 23.0 Å². The molecule has 7 heteroatoms. The van der Waals surface area contributed by atoms with E-state index in [4.69, 9.17) is 0 Å². The highest BCUT2D eigenvalue weighted by molar-refractivity contribution is 5.68. The lowest BCUT2D eigenvalue weighted by molar-refractivity contribution is -0.132. The monoisotopic (exact) mass is 239 g/mol. The summed E-state index contributed by atoms with van der Waals surface area (Å²) in [6.45, 7) is 1.18. The Labute approximate surface area is 94.6 Å². The number of hydrogen-bond acceptors (Lipinski definition) is 4. The van der Waals surface area contributed by atoms with E-state index < -0.39 is 17.6 Å². The fourth-order valence-corrected chi connectivity index (χ4v) is 1.26. The van der Waals surface area contributed by atoms with Crippen molar-refractivity contribution in [3.63, 3.8) is 0 Å². The van der Waals surface area contributed by atoms with Gasteiger partial charge in [0.2, 0.25) is 0 Å². The van der Waals surface area contributed by atoms with E-state index in [1.54, 1.807) is 0 Å². The van der Waals surface area contributed by atoms with Gasteiger partial charge in [-0.05, 0) is 12.1 Å². The molecule has 0 saturated heterocycles. The number of para-hydroxylation sites is 1. The van der Waals surface area contributed by atoms with Gasteiger partial charge in [-0.15, -0.1) is 0 Å². The molecule has 0 unspecified atom stereocenters. The number of esters is 1. The Bertz CT molecular complexity index is 548. The second kappa shape index (κ2) is 4.28. The number of halogens is 2. The number of rotatable bonds is 2. The highest BCUT2D eigenvalue weighted by Gasteiger charge is 2.13. The van der Waals surface area contributed by atoms with Crippen LogP contribution in [0.2, 0.25) is 0 Å². The van der Waals surface area contributed by atoms with Gasteiger partial charge >= 0.3 is 5.97 Å². The number of hydrogen-bond donors (Lipinski definition) is 0. The number of carbonyl (C=O) groups excluding carboxylic acids is 1. The van der Waals surface area contributed by atoms with Crippen molar-refractivity contribution in [1.82, 2.24) is 15.0 Å². The Balaban J connectivity index is 2.40. The lowest BCUT2D eigenvalue weighted by Crippen LogP contribution is -2.02. The van der Waals surface area contributed by atoms with Crippen LogP contribution in [-0.4, -0.2) is 21.0 Å². The third-order valence-electron chi connectivity index (χ3n) is 1.89. The molecule has 1 aromatic heterocycles. The Hall–Kier alpha value is -2.31. The van der Waals surface area contributed by atoms with E-state index >= 15 is 0 Å². The molecule has 1 heterocycles. The highest BCUT2D eigenvalue weighted by atomic mass is 19.1. The first-order chi connectivity index (χ1) is 8.08. The van der Waals surface area contributed by atoms with Gasteiger partial charge in [0.1, 0.15) is 5.69 Å². The molecule has 5 nitrogen and oxygen atoms in total. The van der Waals surface area contributed by atoms with E-state index in [-0.39, 0.29) is 11.6 Å². The van der Waals surface area contributed by atoms with Crippen molar-refractivity contribution in [2.45, 2.75) is 6.92 Å². The van der Waals surface area contributed by atoms with Gasteiger partial charge in [-0.1, -0.05) is 16.4 Å². The van der Waals surface area contributed by atoms with Gasteiger partial charge in [-0.2, -0.15) is 0 Å². The number of aromatic nitrogens is 3. The number of carbonyl (C=O) groups is 1. The third-order valence-corrected chi connectivity index (χ3v) is 1.89. The van der Waals surface area contributed by atoms with Crippen molar-refractivity contribution >= 4 is 5.97 Å². The van der Waals surface area contributed by atoms with Crippen molar-refractivity contribution < 1.29 is 18.3 Å². The molecule has 0 radical (unpaired) electrons. The zero-order valence-corrected chi connectivity index (χ0v) is 8.72. The minimum absolute atomic E-state index is 0.125. The fourth-order valence-electron chi connectivity index (χ4n) is 1.26. The molecule has 0 saturated carbocycles. The van der Waals surface area contributed by atoms with Crippen LogP contribution in [0, 0.1) is 11.6 Å². The maximum absolute atomic E-state index is 13.4. The molecule has 0 aliphatic carbocycles. The van der Waals surface area contributed by atoms with E-state index in [1.165, 1.54) is 13.0 Å². The fraction of sp³-hybridized carbons (Fsp3) is 0.100. The molecule has 0 amide bonds. The topological polar surface area (TPSA) is 57.0 Å². The largest absolute Gasteiger partial charge is 0.404 e. The maximum atomic E-state index is 13.4. The summed E-state index contributed by atoms with van der Waals surface area (Å²) in [5, 5.41) is 6.92. The molecule has 17 heavy (non-hydrogen) atoms. The average molecular weight is 239 g/mol. The molecule has 0 aliphatic rings. The first kappa shape index (κ1) is 11.2. The first-order valence-electron chi connectivity index (χ1n) is 4.63. The van der Waals surface area contributed by atoms with Gasteiger partial charge in [-0.25, -0.2) is 13.5 Å². The van der Waals surface area contributed by atoms with Crippen LogP contribution in [0.4, 0.5) is 8.78 Å². The van der Waals surface area contributed by atoms with Gasteiger partial charge in [0.05, 0.1) is 6.20 Å². The van der Waals surface area contributed by atoms with Crippen molar-refractivity contribution in [3.05, 3.63) is 36.0 Å². The molecule has 0 aliphatic heterocycles. The second-order valence-corrected chi connectivity index (χ2v) is 3.17. The van der Waals surface area contributed by atoms with Crippen LogP contribution in [0.1, 0.15) is 6.92 Å². The predicted molar refractivity (Wildman–Crippen MR) is 52.6 cm³/mol. The minimum atomic E-state index is -0.788. The number of nitrogens with zero attached hydrogens (tertiary/aromatic N) is 3. The highest BCUT2D eigenvalue weighted by Crippen LogP contribution is 2.17. The maximum Gasteiger partial charge on any atom is 0.309 e. The van der Waals surface area contributed by atoms with Crippen molar-refractivity contribution in [2.75, 3.05) is 0 Å². The van der Waals surface area contributed by atoms with Gasteiger partial charge in [0, 0.05) is 6.92 Å². The van der Waals surface area contributed by atoms with Gasteiger partial charge in [-0.3, -0.25) is 4.79 Å². The second-order valence-electron chi connectivity index (χ2n) is 3.17. The summed E-state index contributed by atoms with van der Waals surface area (Å²) >= 11 is 0. The molecule has 0 spiro atoms. The van der Waals surface area contributed by atoms with Gasteiger partial charge in [0.25, 0.3) is 5.88 Å². The Kier molecular flexibility index (Phi) is 2.82. The van der Waals surface area contributed by atoms with Crippen molar-refractivity contribution in [2.24, 2.45) is 0 Å². The smallest absolute Gasteiger partial charge is 0.309 e. The normalized spacial score (nSPS) is 10.3. The molecular formula is C10H7F2N3O2. The lowest BCUT2D eigenvalue weighted by Gasteiger charge is -2.02. The van der Waals surface area contributed by atoms with Crippen LogP contribution >= 0.6 is 0 Å². The summed E-state index contributed by atoms with van der Waals surface area (Å²) in [5.74, 6) is -2.29. The Morgan fingerprint density at radius 3 is 2.59 bits per heavy atom. The van der Waals surface area contributed by atoms with Crippen LogP contribution in [0.5, 0.6) is 5.88 Å². The number of benzene rings is 1. The van der Waals surface area contributed by atoms with Gasteiger partial charge < -0.3 is 4.74 Å². The molecule has 0 atom stereocenters. The predicted octanol–water partition coefficient (Wildman–Crippen LogP) is 1.47. The molecule has 0 N–H and O–H groups in total. The molecule has 2 aromatic rings.